The lowest BCUT2D eigenvalue weighted by atomic mass is 9.76. The third kappa shape index (κ3) is 1.75. The molecule has 76 valence electrons. The lowest BCUT2D eigenvalue weighted by molar-refractivity contribution is 0.189. The van der Waals surface area contributed by atoms with Gasteiger partial charge in [0.05, 0.1) is 0 Å². The smallest absolute Gasteiger partial charge is 0.00508 e. The topological polar surface area (TPSA) is 15.3 Å². The lowest BCUT2D eigenvalue weighted by Crippen LogP contribution is -2.44. The first kappa shape index (κ1) is 9.47. The molecule has 13 heavy (non-hydrogen) atoms. The quantitative estimate of drug-likeness (QED) is 0.693. The van der Waals surface area contributed by atoms with Crippen LogP contribution in [-0.2, 0) is 0 Å². The fourth-order valence-electron chi connectivity index (χ4n) is 3.01. The Labute approximate surface area is 81.7 Å². The predicted octanol–water partition coefficient (Wildman–Crippen LogP) is 1.33. The van der Waals surface area contributed by atoms with E-state index >= 15 is 0 Å². The second-order valence-corrected chi connectivity index (χ2v) is 5.05. The van der Waals surface area contributed by atoms with E-state index in [9.17, 15) is 0 Å². The van der Waals surface area contributed by atoms with Gasteiger partial charge >= 0.3 is 0 Å². The standard InChI is InChI=1S/C11H22N2/c1-3-6-13-7-10-4-5-12-8-11(10,2)9-13/h10,12H,3-9H2,1-2H3/t10-,11+/m1/s1. The maximum absolute atomic E-state index is 3.53. The average molecular weight is 182 g/mol. The Morgan fingerprint density at radius 2 is 2.38 bits per heavy atom. The van der Waals surface area contributed by atoms with Crippen LogP contribution >= 0.6 is 0 Å². The zero-order chi connectivity index (χ0) is 9.31. The Balaban J connectivity index is 1.98. The SMILES string of the molecule is CCCN1C[C@H]2CCNC[C@@]2(C)C1. The highest BCUT2D eigenvalue weighted by molar-refractivity contribution is 4.97. The van der Waals surface area contributed by atoms with Gasteiger partial charge in [0.15, 0.2) is 0 Å². The maximum atomic E-state index is 3.53. The molecule has 0 amide bonds. The molecule has 0 unspecified atom stereocenters. The molecule has 0 radical (unpaired) electrons. The number of likely N-dealkylation sites (tertiary alicyclic amines) is 1. The van der Waals surface area contributed by atoms with Crippen LogP contribution in [-0.4, -0.2) is 37.6 Å². The zero-order valence-electron chi connectivity index (χ0n) is 8.97. The number of nitrogens with zero attached hydrogens (tertiary/aromatic N) is 1. The Bertz CT molecular complexity index is 181. The minimum absolute atomic E-state index is 0.577. The molecule has 0 spiro atoms. The van der Waals surface area contributed by atoms with E-state index in [1.165, 1.54) is 45.6 Å². The van der Waals surface area contributed by atoms with E-state index < -0.39 is 0 Å². The minimum atomic E-state index is 0.577. The van der Waals surface area contributed by atoms with Crippen molar-refractivity contribution in [2.75, 3.05) is 32.7 Å². The molecule has 0 aromatic carbocycles. The van der Waals surface area contributed by atoms with Crippen molar-refractivity contribution in [2.24, 2.45) is 11.3 Å². The van der Waals surface area contributed by atoms with Crippen molar-refractivity contribution < 1.29 is 0 Å². The number of hydrogen-bond acceptors (Lipinski definition) is 2. The molecular formula is C11H22N2. The van der Waals surface area contributed by atoms with Gasteiger partial charge in [-0.2, -0.15) is 0 Å². The summed E-state index contributed by atoms with van der Waals surface area (Å²) in [5, 5.41) is 3.53. The first-order valence-corrected chi connectivity index (χ1v) is 5.68. The Kier molecular flexibility index (Phi) is 2.61. The summed E-state index contributed by atoms with van der Waals surface area (Å²) < 4.78 is 0. The summed E-state index contributed by atoms with van der Waals surface area (Å²) in [5.74, 6) is 0.959. The molecule has 1 N–H and O–H groups in total. The summed E-state index contributed by atoms with van der Waals surface area (Å²) in [5.41, 5.74) is 0.577. The van der Waals surface area contributed by atoms with Gasteiger partial charge in [0.1, 0.15) is 0 Å². The Morgan fingerprint density at radius 3 is 3.08 bits per heavy atom. The monoisotopic (exact) mass is 182 g/mol. The van der Waals surface area contributed by atoms with Crippen LogP contribution in [0, 0.1) is 11.3 Å². The van der Waals surface area contributed by atoms with Gasteiger partial charge in [-0.25, -0.2) is 0 Å². The molecule has 0 aromatic rings. The Morgan fingerprint density at radius 1 is 1.54 bits per heavy atom. The van der Waals surface area contributed by atoms with Gasteiger partial charge in [0.2, 0.25) is 0 Å². The van der Waals surface area contributed by atoms with Gasteiger partial charge in [-0.05, 0) is 37.3 Å². The number of fused-ring (bicyclic) bond motifs is 1. The van der Waals surface area contributed by atoms with Gasteiger partial charge in [-0.3, -0.25) is 0 Å². The molecule has 2 fully saturated rings. The van der Waals surface area contributed by atoms with Gasteiger partial charge in [-0.15, -0.1) is 0 Å². The Hall–Kier alpha value is -0.0800. The molecule has 2 aliphatic heterocycles. The third-order valence-electron chi connectivity index (χ3n) is 3.79. The average Bonchev–Trinajstić information content (AvgIpc) is 2.41. The van der Waals surface area contributed by atoms with Crippen LogP contribution in [0.3, 0.4) is 0 Å². The van der Waals surface area contributed by atoms with E-state index in [-0.39, 0.29) is 0 Å². The highest BCUT2D eigenvalue weighted by atomic mass is 15.2. The molecule has 2 heteroatoms. The molecule has 0 saturated carbocycles. The van der Waals surface area contributed by atoms with Crippen molar-refractivity contribution in [2.45, 2.75) is 26.7 Å². The van der Waals surface area contributed by atoms with E-state index in [4.69, 9.17) is 0 Å². The zero-order valence-corrected chi connectivity index (χ0v) is 8.97. The van der Waals surface area contributed by atoms with Crippen molar-refractivity contribution in [3.05, 3.63) is 0 Å². The first-order chi connectivity index (χ1) is 6.24. The second kappa shape index (κ2) is 3.58. The number of rotatable bonds is 2. The summed E-state index contributed by atoms with van der Waals surface area (Å²) in [4.78, 5) is 2.65. The second-order valence-electron chi connectivity index (χ2n) is 5.05. The summed E-state index contributed by atoms with van der Waals surface area (Å²) in [7, 11) is 0. The molecule has 0 aliphatic carbocycles. The largest absolute Gasteiger partial charge is 0.316 e. The van der Waals surface area contributed by atoms with E-state index in [0.29, 0.717) is 5.41 Å². The van der Waals surface area contributed by atoms with Crippen LogP contribution in [0.25, 0.3) is 0 Å². The predicted molar refractivity (Wildman–Crippen MR) is 55.8 cm³/mol. The molecule has 2 nitrogen and oxygen atoms in total. The summed E-state index contributed by atoms with van der Waals surface area (Å²) >= 11 is 0. The van der Waals surface area contributed by atoms with Crippen LogP contribution in [0.2, 0.25) is 0 Å². The fourth-order valence-corrected chi connectivity index (χ4v) is 3.01. The molecular weight excluding hydrogens is 160 g/mol. The number of piperidine rings is 1. The van der Waals surface area contributed by atoms with E-state index in [0.717, 1.165) is 5.92 Å². The van der Waals surface area contributed by atoms with Crippen molar-refractivity contribution in [3.63, 3.8) is 0 Å². The fraction of sp³-hybridized carbons (Fsp3) is 1.00. The third-order valence-corrected chi connectivity index (χ3v) is 3.79. The van der Waals surface area contributed by atoms with E-state index in [1.807, 2.05) is 0 Å². The molecule has 2 aliphatic rings. The molecule has 0 bridgehead atoms. The molecule has 2 heterocycles. The summed E-state index contributed by atoms with van der Waals surface area (Å²) in [6.07, 6.45) is 2.69. The van der Waals surface area contributed by atoms with Crippen LogP contribution in [0.5, 0.6) is 0 Å². The van der Waals surface area contributed by atoms with Crippen molar-refractivity contribution >= 4 is 0 Å². The number of hydrogen-bond donors (Lipinski definition) is 1. The van der Waals surface area contributed by atoms with Crippen LogP contribution in [0.4, 0.5) is 0 Å². The van der Waals surface area contributed by atoms with Crippen molar-refractivity contribution in [1.29, 1.82) is 0 Å². The summed E-state index contributed by atoms with van der Waals surface area (Å²) in [6, 6.07) is 0. The van der Waals surface area contributed by atoms with Gasteiger partial charge in [0.25, 0.3) is 0 Å². The van der Waals surface area contributed by atoms with E-state index in [2.05, 4.69) is 24.1 Å². The molecule has 2 rings (SSSR count). The highest BCUT2D eigenvalue weighted by Crippen LogP contribution is 2.38. The van der Waals surface area contributed by atoms with Crippen LogP contribution < -0.4 is 5.32 Å². The normalized spacial score (nSPS) is 40.6. The number of nitrogens with one attached hydrogen (secondary N) is 1. The molecule has 2 saturated heterocycles. The van der Waals surface area contributed by atoms with E-state index in [1.54, 1.807) is 0 Å². The van der Waals surface area contributed by atoms with Gasteiger partial charge < -0.3 is 10.2 Å². The first-order valence-electron chi connectivity index (χ1n) is 5.68. The lowest BCUT2D eigenvalue weighted by Gasteiger charge is -2.35. The van der Waals surface area contributed by atoms with Crippen molar-refractivity contribution in [3.8, 4) is 0 Å². The molecule has 2 atom stereocenters. The maximum Gasteiger partial charge on any atom is 0.00508 e. The highest BCUT2D eigenvalue weighted by Gasteiger charge is 2.43. The molecule has 0 aromatic heterocycles. The van der Waals surface area contributed by atoms with Gasteiger partial charge in [-0.1, -0.05) is 13.8 Å². The minimum Gasteiger partial charge on any atom is -0.316 e. The van der Waals surface area contributed by atoms with Crippen LogP contribution in [0.1, 0.15) is 26.7 Å². The summed E-state index contributed by atoms with van der Waals surface area (Å²) in [6.45, 7) is 11.2. The van der Waals surface area contributed by atoms with Crippen molar-refractivity contribution in [1.82, 2.24) is 10.2 Å². The van der Waals surface area contributed by atoms with Crippen LogP contribution in [0.15, 0.2) is 0 Å². The van der Waals surface area contributed by atoms with Gasteiger partial charge in [0, 0.05) is 19.6 Å².